The molecule has 3 rings (SSSR count). The van der Waals surface area contributed by atoms with E-state index in [9.17, 15) is 4.39 Å². The number of ether oxygens (including phenoxy) is 1. The first-order valence-corrected chi connectivity index (χ1v) is 7.30. The van der Waals surface area contributed by atoms with Crippen molar-refractivity contribution in [3.05, 3.63) is 53.7 Å². The molecule has 2 heterocycles. The first kappa shape index (κ1) is 14.9. The molecule has 1 saturated heterocycles. The van der Waals surface area contributed by atoms with E-state index in [1.165, 1.54) is 18.5 Å². The molecule has 1 aromatic carbocycles. The van der Waals surface area contributed by atoms with Gasteiger partial charge in [0.1, 0.15) is 18.0 Å². The topological polar surface area (TPSA) is 73.1 Å². The monoisotopic (exact) mass is 302 g/mol. The van der Waals surface area contributed by atoms with Crippen LogP contribution in [0.3, 0.4) is 0 Å². The number of halogens is 1. The largest absolute Gasteiger partial charge is 0.380 e. The van der Waals surface area contributed by atoms with Gasteiger partial charge in [-0.15, -0.1) is 0 Å². The van der Waals surface area contributed by atoms with Crippen molar-refractivity contribution in [2.24, 2.45) is 5.73 Å². The Kier molecular flexibility index (Phi) is 4.31. The summed E-state index contributed by atoms with van der Waals surface area (Å²) in [4.78, 5) is 8.29. The molecule has 22 heavy (non-hydrogen) atoms. The van der Waals surface area contributed by atoms with Gasteiger partial charge in [-0.1, -0.05) is 12.1 Å². The molecule has 2 aromatic rings. The normalized spacial score (nSPS) is 21.0. The minimum absolute atomic E-state index is 0.165. The van der Waals surface area contributed by atoms with E-state index >= 15 is 0 Å². The van der Waals surface area contributed by atoms with Crippen LogP contribution in [0.1, 0.15) is 17.7 Å². The summed E-state index contributed by atoms with van der Waals surface area (Å²) in [6.07, 6.45) is 2.39. The highest BCUT2D eigenvalue weighted by Crippen LogP contribution is 2.33. The van der Waals surface area contributed by atoms with Crippen LogP contribution in [-0.2, 0) is 16.7 Å². The number of rotatable bonds is 5. The number of hydrogen-bond acceptors (Lipinski definition) is 5. The van der Waals surface area contributed by atoms with E-state index < -0.39 is 0 Å². The summed E-state index contributed by atoms with van der Waals surface area (Å²) in [6, 6.07) is 8.49. The van der Waals surface area contributed by atoms with Gasteiger partial charge in [0.05, 0.1) is 12.3 Å². The molecule has 0 bridgehead atoms. The maximum Gasteiger partial charge on any atom is 0.129 e. The number of aromatic nitrogens is 2. The molecule has 5 nitrogen and oxygen atoms in total. The van der Waals surface area contributed by atoms with Crippen molar-refractivity contribution < 1.29 is 9.13 Å². The van der Waals surface area contributed by atoms with Crippen LogP contribution < -0.4 is 11.1 Å². The number of anilines is 1. The van der Waals surface area contributed by atoms with E-state index in [4.69, 9.17) is 10.5 Å². The average molecular weight is 302 g/mol. The third-order valence-electron chi connectivity index (χ3n) is 4.10. The molecule has 1 fully saturated rings. The summed E-state index contributed by atoms with van der Waals surface area (Å²) < 4.78 is 18.7. The van der Waals surface area contributed by atoms with Gasteiger partial charge in [-0.05, 0) is 24.1 Å². The van der Waals surface area contributed by atoms with Crippen LogP contribution in [0.5, 0.6) is 0 Å². The highest BCUT2D eigenvalue weighted by molar-refractivity contribution is 5.38. The van der Waals surface area contributed by atoms with Crippen LogP contribution >= 0.6 is 0 Å². The van der Waals surface area contributed by atoms with Crippen LogP contribution in [0.15, 0.2) is 36.7 Å². The molecule has 0 radical (unpaired) electrons. The van der Waals surface area contributed by atoms with Crippen molar-refractivity contribution in [1.82, 2.24) is 9.97 Å². The molecule has 0 amide bonds. The Morgan fingerprint density at radius 1 is 1.27 bits per heavy atom. The quantitative estimate of drug-likeness (QED) is 0.882. The molecule has 0 aliphatic carbocycles. The van der Waals surface area contributed by atoms with Crippen molar-refractivity contribution in [1.29, 1.82) is 0 Å². The second-order valence-corrected chi connectivity index (χ2v) is 5.54. The van der Waals surface area contributed by atoms with Crippen molar-refractivity contribution in [2.75, 3.05) is 25.1 Å². The molecular formula is C16H19FN4O. The fourth-order valence-electron chi connectivity index (χ4n) is 2.75. The van der Waals surface area contributed by atoms with Gasteiger partial charge < -0.3 is 15.8 Å². The van der Waals surface area contributed by atoms with Gasteiger partial charge in [0.15, 0.2) is 0 Å². The molecular weight excluding hydrogens is 283 g/mol. The molecule has 1 aliphatic rings. The molecule has 1 aromatic heterocycles. The second-order valence-electron chi connectivity index (χ2n) is 5.54. The fraction of sp³-hybridized carbons (Fsp3) is 0.375. The van der Waals surface area contributed by atoms with Gasteiger partial charge in [0.25, 0.3) is 0 Å². The van der Waals surface area contributed by atoms with Gasteiger partial charge in [-0.3, -0.25) is 0 Å². The lowest BCUT2D eigenvalue weighted by molar-refractivity contribution is 0.179. The average Bonchev–Trinajstić information content (AvgIpc) is 3.04. The van der Waals surface area contributed by atoms with E-state index in [-0.39, 0.29) is 11.2 Å². The van der Waals surface area contributed by atoms with Crippen molar-refractivity contribution in [3.63, 3.8) is 0 Å². The SMILES string of the molecule is NCc1cc(NCC2(c3ccc(F)cc3)CCOC2)ncn1. The second kappa shape index (κ2) is 6.37. The van der Waals surface area contributed by atoms with Crippen LogP contribution in [0.2, 0.25) is 0 Å². The van der Waals surface area contributed by atoms with E-state index in [0.717, 1.165) is 23.5 Å². The number of nitrogens with two attached hydrogens (primary N) is 1. The molecule has 3 N–H and O–H groups in total. The van der Waals surface area contributed by atoms with Gasteiger partial charge in [0, 0.05) is 31.2 Å². The van der Waals surface area contributed by atoms with Crippen LogP contribution in [-0.4, -0.2) is 29.7 Å². The minimum atomic E-state index is -0.228. The molecule has 1 unspecified atom stereocenters. The standard InChI is InChI=1S/C16H19FN4O/c17-13-3-1-12(2-4-13)16(5-6-22-10-16)9-19-15-7-14(8-18)20-11-21-15/h1-4,7,11H,5-6,8-10,18H2,(H,19,20,21). The highest BCUT2D eigenvalue weighted by atomic mass is 19.1. The van der Waals surface area contributed by atoms with Crippen molar-refractivity contribution in [2.45, 2.75) is 18.4 Å². The number of nitrogens with one attached hydrogen (secondary N) is 1. The molecule has 1 atom stereocenters. The Bertz CT molecular complexity index is 626. The zero-order chi connectivity index (χ0) is 15.4. The summed E-state index contributed by atoms with van der Waals surface area (Å²) in [5.74, 6) is 0.512. The molecule has 6 heteroatoms. The van der Waals surface area contributed by atoms with Crippen LogP contribution in [0.25, 0.3) is 0 Å². The Morgan fingerprint density at radius 3 is 2.77 bits per heavy atom. The third kappa shape index (κ3) is 3.08. The summed E-state index contributed by atoms with van der Waals surface area (Å²) in [5.41, 5.74) is 7.29. The maximum atomic E-state index is 13.2. The molecule has 1 aliphatic heterocycles. The zero-order valence-electron chi connectivity index (χ0n) is 12.3. The van der Waals surface area contributed by atoms with Crippen LogP contribution in [0.4, 0.5) is 10.2 Å². The lowest BCUT2D eigenvalue weighted by Crippen LogP contribution is -2.35. The number of benzene rings is 1. The Morgan fingerprint density at radius 2 is 2.09 bits per heavy atom. The molecule has 116 valence electrons. The maximum absolute atomic E-state index is 13.2. The smallest absolute Gasteiger partial charge is 0.129 e. The van der Waals surface area contributed by atoms with Gasteiger partial charge >= 0.3 is 0 Å². The summed E-state index contributed by atoms with van der Waals surface area (Å²) in [7, 11) is 0. The molecule has 0 saturated carbocycles. The summed E-state index contributed by atoms with van der Waals surface area (Å²) in [5, 5.41) is 3.33. The zero-order valence-corrected chi connectivity index (χ0v) is 12.3. The first-order chi connectivity index (χ1) is 10.7. The van der Waals surface area contributed by atoms with Gasteiger partial charge in [-0.25, -0.2) is 14.4 Å². The number of hydrogen-bond donors (Lipinski definition) is 2. The lowest BCUT2D eigenvalue weighted by Gasteiger charge is -2.28. The van der Waals surface area contributed by atoms with E-state index in [2.05, 4.69) is 15.3 Å². The van der Waals surface area contributed by atoms with E-state index in [1.54, 1.807) is 0 Å². The molecule has 0 spiro atoms. The number of nitrogens with zero attached hydrogens (tertiary/aromatic N) is 2. The predicted octanol–water partition coefficient (Wildman–Crippen LogP) is 1.84. The predicted molar refractivity (Wildman–Crippen MR) is 81.9 cm³/mol. The Labute approximate surface area is 128 Å². The van der Waals surface area contributed by atoms with Gasteiger partial charge in [-0.2, -0.15) is 0 Å². The van der Waals surface area contributed by atoms with Crippen molar-refractivity contribution in [3.8, 4) is 0 Å². The van der Waals surface area contributed by atoms with Gasteiger partial charge in [0.2, 0.25) is 0 Å². The Balaban J connectivity index is 1.78. The lowest BCUT2D eigenvalue weighted by atomic mass is 9.79. The Hall–Kier alpha value is -2.05. The highest BCUT2D eigenvalue weighted by Gasteiger charge is 2.36. The minimum Gasteiger partial charge on any atom is -0.380 e. The van der Waals surface area contributed by atoms with E-state index in [1.807, 2.05) is 18.2 Å². The third-order valence-corrected chi connectivity index (χ3v) is 4.10. The summed E-state index contributed by atoms with van der Waals surface area (Å²) >= 11 is 0. The fourth-order valence-corrected chi connectivity index (χ4v) is 2.75. The summed E-state index contributed by atoms with van der Waals surface area (Å²) in [6.45, 7) is 2.36. The van der Waals surface area contributed by atoms with E-state index in [0.29, 0.717) is 26.3 Å². The first-order valence-electron chi connectivity index (χ1n) is 7.30. The van der Waals surface area contributed by atoms with Crippen molar-refractivity contribution >= 4 is 5.82 Å². The van der Waals surface area contributed by atoms with Crippen LogP contribution in [0, 0.1) is 5.82 Å².